The van der Waals surface area contributed by atoms with Crippen LogP contribution in [0.2, 0.25) is 0 Å². The van der Waals surface area contributed by atoms with Gasteiger partial charge >= 0.3 is 0 Å². The van der Waals surface area contributed by atoms with Crippen LogP contribution in [0.4, 0.5) is 0 Å². The molecule has 2 saturated heterocycles. The lowest BCUT2D eigenvalue weighted by atomic mass is 9.82. The SMILES string of the molecule is CC(=O)CC1[C@H](O[C@@H]2C(CO)O[C@@H](C)C(NC(C)=O)[C@H]2O)OC(CO)[C@@H](C)[C@@H]1O. The maximum atomic E-state index is 11.7. The van der Waals surface area contributed by atoms with Gasteiger partial charge in [0.15, 0.2) is 6.29 Å². The standard InChI is InChI=1S/C19H33NO9/c1-8(23)5-12-16(25)9(2)13(6-21)28-19(12)29-18-14(7-22)27-10(3)15(17(18)26)20-11(4)24/h9-10,12-19,21-22,25-26H,5-7H2,1-4H3,(H,20,24)/t9-,10+,12?,13?,14?,15?,16+,17-,18-,19+/m1/s1. The lowest BCUT2D eigenvalue weighted by Gasteiger charge is -2.48. The Balaban J connectivity index is 2.26. The second-order valence-corrected chi connectivity index (χ2v) is 8.03. The molecule has 10 nitrogen and oxygen atoms in total. The number of hydrogen-bond donors (Lipinski definition) is 5. The molecule has 0 aliphatic carbocycles. The first-order valence-corrected chi connectivity index (χ1v) is 9.91. The van der Waals surface area contributed by atoms with Crippen molar-refractivity contribution in [3.05, 3.63) is 0 Å². The van der Waals surface area contributed by atoms with Crippen LogP contribution in [0.15, 0.2) is 0 Å². The molecule has 4 unspecified atom stereocenters. The number of hydrogen-bond acceptors (Lipinski definition) is 9. The predicted molar refractivity (Wildman–Crippen MR) is 99.6 cm³/mol. The smallest absolute Gasteiger partial charge is 0.217 e. The number of aliphatic hydroxyl groups is 4. The fourth-order valence-electron chi connectivity index (χ4n) is 4.11. The molecule has 1 amide bonds. The van der Waals surface area contributed by atoms with Crippen LogP contribution in [0.25, 0.3) is 0 Å². The van der Waals surface area contributed by atoms with E-state index in [1.807, 2.05) is 0 Å². The average Bonchev–Trinajstić information content (AvgIpc) is 2.65. The van der Waals surface area contributed by atoms with Crippen molar-refractivity contribution in [2.75, 3.05) is 13.2 Å². The monoisotopic (exact) mass is 419 g/mol. The van der Waals surface area contributed by atoms with Crippen molar-refractivity contribution >= 4 is 11.7 Å². The van der Waals surface area contributed by atoms with Gasteiger partial charge in [-0.3, -0.25) is 4.79 Å². The molecule has 0 bridgehead atoms. The third-order valence-corrected chi connectivity index (χ3v) is 5.73. The third-order valence-electron chi connectivity index (χ3n) is 5.73. The highest BCUT2D eigenvalue weighted by atomic mass is 16.7. The first-order chi connectivity index (χ1) is 13.6. The molecule has 0 aromatic heterocycles. The first kappa shape index (κ1) is 24.1. The Hall–Kier alpha value is -1.14. The number of carbonyl (C=O) groups excluding carboxylic acids is 2. The highest BCUT2D eigenvalue weighted by Gasteiger charge is 2.49. The molecule has 0 aromatic carbocycles. The zero-order valence-electron chi connectivity index (χ0n) is 17.2. The summed E-state index contributed by atoms with van der Waals surface area (Å²) in [6.07, 6.45) is -6.65. The van der Waals surface area contributed by atoms with Gasteiger partial charge in [0.2, 0.25) is 5.91 Å². The van der Waals surface area contributed by atoms with Crippen LogP contribution in [-0.2, 0) is 23.8 Å². The number of Topliss-reactive ketones (excluding diaryl/α,β-unsaturated/α-hetero) is 1. The lowest BCUT2D eigenvalue weighted by molar-refractivity contribution is -0.317. The number of ether oxygens (including phenoxy) is 3. The molecule has 0 saturated carbocycles. The van der Waals surface area contributed by atoms with E-state index in [4.69, 9.17) is 14.2 Å². The molecule has 168 valence electrons. The number of aliphatic hydroxyl groups excluding tert-OH is 4. The molecule has 2 aliphatic heterocycles. The molecule has 2 aliphatic rings. The van der Waals surface area contributed by atoms with E-state index < -0.39 is 67.4 Å². The summed E-state index contributed by atoms with van der Waals surface area (Å²) in [4.78, 5) is 23.2. The van der Waals surface area contributed by atoms with Gasteiger partial charge in [-0.05, 0) is 13.8 Å². The van der Waals surface area contributed by atoms with Gasteiger partial charge < -0.3 is 44.7 Å². The van der Waals surface area contributed by atoms with Crippen LogP contribution in [-0.4, -0.2) is 94.3 Å². The highest BCUT2D eigenvalue weighted by molar-refractivity contribution is 5.75. The molecular weight excluding hydrogens is 386 g/mol. The van der Waals surface area contributed by atoms with Gasteiger partial charge in [-0.2, -0.15) is 0 Å². The summed E-state index contributed by atoms with van der Waals surface area (Å²) in [6, 6.07) is -0.785. The zero-order chi connectivity index (χ0) is 21.9. The van der Waals surface area contributed by atoms with E-state index in [9.17, 15) is 30.0 Å². The Morgan fingerprint density at radius 3 is 2.14 bits per heavy atom. The van der Waals surface area contributed by atoms with Crippen LogP contribution in [0.5, 0.6) is 0 Å². The van der Waals surface area contributed by atoms with E-state index in [-0.39, 0.29) is 24.7 Å². The van der Waals surface area contributed by atoms with E-state index in [0.29, 0.717) is 0 Å². The van der Waals surface area contributed by atoms with Gasteiger partial charge in [0.1, 0.15) is 24.1 Å². The van der Waals surface area contributed by atoms with Crippen molar-refractivity contribution in [2.45, 2.75) is 83.1 Å². The molecule has 10 atom stereocenters. The van der Waals surface area contributed by atoms with Crippen molar-refractivity contribution in [1.29, 1.82) is 0 Å². The Morgan fingerprint density at radius 1 is 1.00 bits per heavy atom. The van der Waals surface area contributed by atoms with E-state index >= 15 is 0 Å². The largest absolute Gasteiger partial charge is 0.394 e. The minimum atomic E-state index is -1.23. The van der Waals surface area contributed by atoms with Crippen LogP contribution in [0.1, 0.15) is 34.1 Å². The average molecular weight is 419 g/mol. The van der Waals surface area contributed by atoms with Gasteiger partial charge in [-0.15, -0.1) is 0 Å². The zero-order valence-corrected chi connectivity index (χ0v) is 17.2. The Kier molecular flexibility index (Phi) is 8.53. The van der Waals surface area contributed by atoms with Crippen molar-refractivity contribution in [3.8, 4) is 0 Å². The van der Waals surface area contributed by atoms with Crippen LogP contribution in [0.3, 0.4) is 0 Å². The van der Waals surface area contributed by atoms with E-state index in [1.54, 1.807) is 13.8 Å². The first-order valence-electron chi connectivity index (χ1n) is 9.91. The summed E-state index contributed by atoms with van der Waals surface area (Å²) in [6.45, 7) is 5.25. The van der Waals surface area contributed by atoms with Crippen molar-refractivity contribution in [1.82, 2.24) is 5.32 Å². The van der Waals surface area contributed by atoms with Crippen LogP contribution < -0.4 is 5.32 Å². The third kappa shape index (κ3) is 5.52. The molecule has 10 heteroatoms. The number of ketones is 1. The number of amides is 1. The second-order valence-electron chi connectivity index (χ2n) is 8.03. The maximum absolute atomic E-state index is 11.7. The second kappa shape index (κ2) is 10.3. The number of rotatable bonds is 7. The molecule has 5 N–H and O–H groups in total. The normalized spacial score (nSPS) is 43.0. The van der Waals surface area contributed by atoms with Gasteiger partial charge in [-0.25, -0.2) is 0 Å². The summed E-state index contributed by atoms with van der Waals surface area (Å²) in [7, 11) is 0. The molecule has 0 spiro atoms. The lowest BCUT2D eigenvalue weighted by Crippen LogP contribution is -2.65. The summed E-state index contributed by atoms with van der Waals surface area (Å²) in [5.41, 5.74) is 0. The van der Waals surface area contributed by atoms with Gasteiger partial charge in [0.05, 0.1) is 37.6 Å². The minimum absolute atomic E-state index is 0.0205. The quantitative estimate of drug-likeness (QED) is 0.326. The van der Waals surface area contributed by atoms with Crippen LogP contribution >= 0.6 is 0 Å². The van der Waals surface area contributed by atoms with Crippen molar-refractivity contribution < 1.29 is 44.2 Å². The van der Waals surface area contributed by atoms with Gasteiger partial charge in [-0.1, -0.05) is 6.92 Å². The van der Waals surface area contributed by atoms with E-state index in [1.165, 1.54) is 13.8 Å². The Bertz CT molecular complexity index is 574. The molecule has 0 radical (unpaired) electrons. The maximum Gasteiger partial charge on any atom is 0.217 e. The molecule has 2 fully saturated rings. The van der Waals surface area contributed by atoms with Gasteiger partial charge in [0.25, 0.3) is 0 Å². The highest BCUT2D eigenvalue weighted by Crippen LogP contribution is 2.35. The van der Waals surface area contributed by atoms with Crippen molar-refractivity contribution in [3.63, 3.8) is 0 Å². The summed E-state index contributed by atoms with van der Waals surface area (Å²) in [5, 5.41) is 43.4. The molecule has 2 rings (SSSR count). The van der Waals surface area contributed by atoms with Crippen molar-refractivity contribution in [2.24, 2.45) is 11.8 Å². The summed E-state index contributed by atoms with van der Waals surface area (Å²) >= 11 is 0. The minimum Gasteiger partial charge on any atom is -0.394 e. The number of carbonyl (C=O) groups is 2. The fraction of sp³-hybridized carbons (Fsp3) is 0.895. The molecular formula is C19H33NO9. The summed E-state index contributed by atoms with van der Waals surface area (Å²) in [5.74, 6) is -1.70. The van der Waals surface area contributed by atoms with E-state index in [0.717, 1.165) is 0 Å². The van der Waals surface area contributed by atoms with E-state index in [2.05, 4.69) is 5.32 Å². The topological polar surface area (TPSA) is 155 Å². The number of nitrogens with one attached hydrogen (secondary N) is 1. The fourth-order valence-corrected chi connectivity index (χ4v) is 4.11. The molecule has 2 heterocycles. The van der Waals surface area contributed by atoms with Gasteiger partial charge in [0, 0.05) is 25.2 Å². The Labute approximate surface area is 170 Å². The summed E-state index contributed by atoms with van der Waals surface area (Å²) < 4.78 is 17.4. The predicted octanol–water partition coefficient (Wildman–Crippen LogP) is -1.67. The Morgan fingerprint density at radius 2 is 1.62 bits per heavy atom. The molecule has 0 aromatic rings. The van der Waals surface area contributed by atoms with Crippen LogP contribution in [0, 0.1) is 11.8 Å². The molecule has 29 heavy (non-hydrogen) atoms.